The van der Waals surface area contributed by atoms with Crippen molar-refractivity contribution in [2.75, 3.05) is 26.4 Å². The molecule has 1 rings (SSSR count). The quantitative estimate of drug-likeness (QED) is 0.0568. The first kappa shape index (κ1) is 39.6. The van der Waals surface area contributed by atoms with Gasteiger partial charge in [0.15, 0.2) is 0 Å². The molecule has 0 N–H and O–H groups in total. The van der Waals surface area contributed by atoms with Gasteiger partial charge in [-0.15, -0.1) is 0 Å². The zero-order valence-electron chi connectivity index (χ0n) is 26.5. The molecule has 1 aliphatic heterocycles. The summed E-state index contributed by atoms with van der Waals surface area (Å²) in [5.74, 6) is -2.04. The van der Waals surface area contributed by atoms with E-state index in [2.05, 4.69) is 26.3 Å². The maximum Gasteiger partial charge on any atom is 0.330 e. The Morgan fingerprint density at radius 2 is 0.636 bits per heavy atom. The van der Waals surface area contributed by atoms with Gasteiger partial charge in [-0.3, -0.25) is 0 Å². The molecule has 0 saturated carbocycles. The molecule has 0 unspecified atom stereocenters. The van der Waals surface area contributed by atoms with Crippen LogP contribution in [-0.2, 0) is 54.6 Å². The van der Waals surface area contributed by atoms with Crippen molar-refractivity contribution in [1.29, 1.82) is 0 Å². The van der Waals surface area contributed by atoms with E-state index in [1.54, 1.807) is 0 Å². The number of hydrogen-bond donors (Lipinski definition) is 0. The Kier molecular flexibility index (Phi) is 17.2. The van der Waals surface area contributed by atoms with E-state index in [0.29, 0.717) is 49.9 Å². The Morgan fingerprint density at radius 1 is 0.455 bits per heavy atom. The fourth-order valence-corrected chi connectivity index (χ4v) is 28.0. The van der Waals surface area contributed by atoms with E-state index in [0.717, 1.165) is 24.3 Å². The fourth-order valence-electron chi connectivity index (χ4n) is 4.82. The third kappa shape index (κ3) is 15.5. The van der Waals surface area contributed by atoms with Gasteiger partial charge in [0.05, 0.1) is 26.4 Å². The van der Waals surface area contributed by atoms with Crippen LogP contribution in [0, 0.1) is 0 Å². The molecule has 248 valence electrons. The fraction of sp³-hybridized carbons (Fsp3) is 0.571. The molecule has 1 fully saturated rings. The highest BCUT2D eigenvalue weighted by Gasteiger charge is 2.56. The first-order valence-electron chi connectivity index (χ1n) is 14.6. The summed E-state index contributed by atoms with van der Waals surface area (Å²) < 4.78 is 48.6. The van der Waals surface area contributed by atoms with Crippen LogP contribution in [0.5, 0.6) is 0 Å². The lowest BCUT2D eigenvalue weighted by Gasteiger charge is -2.50. The number of esters is 4. The standard InChI is InChI=1S/C28H48O12Si4/c1-9-25(29)33-17-13-21-41(5)37-42(6,22-14-18-34-26(30)10-2)39-44(8,24-16-20-36-28(32)12-4)40-43(7,38-41)23-15-19-35-27(31)11-3/h9-12H,1-4,13-24H2,5-8H3. The largest absolute Gasteiger partial charge is 0.463 e. The first-order chi connectivity index (χ1) is 20.6. The zero-order valence-corrected chi connectivity index (χ0v) is 30.5. The van der Waals surface area contributed by atoms with Crippen LogP contribution in [0.2, 0.25) is 50.4 Å². The number of ether oxygens (including phenoxy) is 4. The Morgan fingerprint density at radius 3 is 0.795 bits per heavy atom. The van der Waals surface area contributed by atoms with Crippen LogP contribution in [0.3, 0.4) is 0 Å². The monoisotopic (exact) mass is 688 g/mol. The molecule has 0 aromatic rings. The Hall–Kier alpha value is -2.45. The molecule has 0 aromatic carbocycles. The maximum atomic E-state index is 11.6. The average Bonchev–Trinajstić information content (AvgIpc) is 2.96. The highest BCUT2D eigenvalue weighted by Crippen LogP contribution is 2.38. The summed E-state index contributed by atoms with van der Waals surface area (Å²) in [6.07, 6.45) is 6.42. The molecule has 0 bridgehead atoms. The number of carbonyl (C=O) groups excluding carboxylic acids is 4. The van der Waals surface area contributed by atoms with Crippen molar-refractivity contribution in [2.24, 2.45) is 0 Å². The molecular weight excluding hydrogens is 641 g/mol. The minimum absolute atomic E-state index is 0.170. The topological polar surface area (TPSA) is 142 Å². The van der Waals surface area contributed by atoms with Gasteiger partial charge < -0.3 is 35.4 Å². The van der Waals surface area contributed by atoms with E-state index in [4.69, 9.17) is 35.4 Å². The van der Waals surface area contributed by atoms with E-state index in [9.17, 15) is 19.2 Å². The molecular formula is C28H48O12Si4. The summed E-state index contributed by atoms with van der Waals surface area (Å²) in [5.41, 5.74) is 0. The highest BCUT2D eigenvalue weighted by atomic mass is 28.5. The minimum Gasteiger partial charge on any atom is -0.463 e. The molecule has 16 heteroatoms. The zero-order chi connectivity index (χ0) is 33.3. The summed E-state index contributed by atoms with van der Waals surface area (Å²) in [6, 6.07) is 2.01. The van der Waals surface area contributed by atoms with Gasteiger partial charge in [-0.05, 0) is 76.0 Å². The molecule has 1 saturated heterocycles. The SMILES string of the molecule is C=CC(=O)OCCC[Si]1(C)O[Si](C)(CCCOC(=O)C=C)O[Si](C)(CCCOC(=O)C=C)O[Si](C)(CCCOC(=O)C=C)O1. The van der Waals surface area contributed by atoms with Crippen molar-refractivity contribution >= 4 is 58.1 Å². The van der Waals surface area contributed by atoms with Crippen LogP contribution in [0.1, 0.15) is 25.7 Å². The van der Waals surface area contributed by atoms with Crippen molar-refractivity contribution < 1.29 is 54.6 Å². The van der Waals surface area contributed by atoms with Gasteiger partial charge in [0.2, 0.25) is 0 Å². The third-order valence-electron chi connectivity index (χ3n) is 6.47. The Labute approximate surface area is 265 Å². The molecule has 0 aliphatic carbocycles. The second-order valence-corrected chi connectivity index (χ2v) is 25.2. The van der Waals surface area contributed by atoms with Gasteiger partial charge in [0, 0.05) is 24.3 Å². The van der Waals surface area contributed by atoms with E-state index in [1.807, 2.05) is 26.2 Å². The number of carbonyl (C=O) groups is 4. The minimum atomic E-state index is -3.02. The van der Waals surface area contributed by atoms with Gasteiger partial charge in [-0.2, -0.15) is 0 Å². The average molecular weight is 689 g/mol. The third-order valence-corrected chi connectivity index (χ3v) is 25.3. The number of hydrogen-bond acceptors (Lipinski definition) is 12. The lowest BCUT2D eigenvalue weighted by molar-refractivity contribution is -0.138. The summed E-state index contributed by atoms with van der Waals surface area (Å²) >= 11 is 0. The summed E-state index contributed by atoms with van der Waals surface area (Å²) in [4.78, 5) is 46.3. The normalized spacial score (nSPS) is 26.6. The second kappa shape index (κ2) is 19.1. The maximum absolute atomic E-state index is 11.6. The summed E-state index contributed by atoms with van der Waals surface area (Å²) in [7, 11) is -12.1. The van der Waals surface area contributed by atoms with Crippen LogP contribution in [0.4, 0.5) is 0 Å². The number of rotatable bonds is 20. The molecule has 1 heterocycles. The Bertz CT molecular complexity index is 866. The van der Waals surface area contributed by atoms with E-state index >= 15 is 0 Å². The molecule has 0 radical (unpaired) electrons. The van der Waals surface area contributed by atoms with Crippen molar-refractivity contribution in [3.63, 3.8) is 0 Å². The van der Waals surface area contributed by atoms with E-state index in [-0.39, 0.29) is 26.4 Å². The van der Waals surface area contributed by atoms with Crippen LogP contribution < -0.4 is 0 Å². The first-order valence-corrected chi connectivity index (χ1v) is 24.7. The molecule has 1 aliphatic rings. The van der Waals surface area contributed by atoms with Crippen molar-refractivity contribution in [2.45, 2.75) is 76.0 Å². The molecule has 12 nitrogen and oxygen atoms in total. The predicted octanol–water partition coefficient (Wildman–Crippen LogP) is 4.83. The molecule has 44 heavy (non-hydrogen) atoms. The van der Waals surface area contributed by atoms with Gasteiger partial charge in [-0.1, -0.05) is 26.3 Å². The Balaban J connectivity index is 3.29. The lowest BCUT2D eigenvalue weighted by Crippen LogP contribution is -2.67. The molecule has 0 aromatic heterocycles. The van der Waals surface area contributed by atoms with E-state index in [1.165, 1.54) is 0 Å². The molecule has 0 amide bonds. The van der Waals surface area contributed by atoms with Gasteiger partial charge >= 0.3 is 58.1 Å². The molecule has 0 atom stereocenters. The van der Waals surface area contributed by atoms with Crippen LogP contribution in [-0.4, -0.2) is 84.5 Å². The summed E-state index contributed by atoms with van der Waals surface area (Å²) in [6.45, 7) is 22.2. The van der Waals surface area contributed by atoms with Crippen LogP contribution in [0.25, 0.3) is 0 Å². The lowest BCUT2D eigenvalue weighted by atomic mass is 10.5. The smallest absolute Gasteiger partial charge is 0.330 e. The van der Waals surface area contributed by atoms with Gasteiger partial charge in [-0.25, -0.2) is 19.2 Å². The van der Waals surface area contributed by atoms with Gasteiger partial charge in [0.25, 0.3) is 0 Å². The molecule has 0 spiro atoms. The van der Waals surface area contributed by atoms with Crippen molar-refractivity contribution in [1.82, 2.24) is 0 Å². The van der Waals surface area contributed by atoms with Crippen LogP contribution >= 0.6 is 0 Å². The van der Waals surface area contributed by atoms with Crippen molar-refractivity contribution in [3.8, 4) is 0 Å². The van der Waals surface area contributed by atoms with Gasteiger partial charge in [0.1, 0.15) is 0 Å². The van der Waals surface area contributed by atoms with Crippen molar-refractivity contribution in [3.05, 3.63) is 50.6 Å². The highest BCUT2D eigenvalue weighted by molar-refractivity contribution is 6.93. The summed E-state index contributed by atoms with van der Waals surface area (Å²) in [5, 5.41) is 0. The van der Waals surface area contributed by atoms with Crippen LogP contribution in [0.15, 0.2) is 50.6 Å². The second-order valence-electron chi connectivity index (χ2n) is 10.8. The predicted molar refractivity (Wildman–Crippen MR) is 173 cm³/mol. The van der Waals surface area contributed by atoms with E-state index < -0.39 is 58.1 Å².